The Labute approximate surface area is 117 Å². The van der Waals surface area contributed by atoms with Crippen molar-refractivity contribution in [2.45, 2.75) is 38.6 Å². The zero-order chi connectivity index (χ0) is 13.3. The van der Waals surface area contributed by atoms with E-state index in [1.165, 1.54) is 0 Å². The van der Waals surface area contributed by atoms with Crippen molar-refractivity contribution in [1.82, 2.24) is 0 Å². The predicted octanol–water partition coefficient (Wildman–Crippen LogP) is 3.62. The van der Waals surface area contributed by atoms with Gasteiger partial charge in [0.1, 0.15) is 5.78 Å². The van der Waals surface area contributed by atoms with Crippen LogP contribution in [0.25, 0.3) is 0 Å². The van der Waals surface area contributed by atoms with Gasteiger partial charge in [-0.25, -0.2) is 0 Å². The van der Waals surface area contributed by atoms with Crippen LogP contribution in [-0.2, 0) is 11.2 Å². The molecule has 0 heterocycles. The third-order valence-corrected chi connectivity index (χ3v) is 4.77. The Kier molecular flexibility index (Phi) is 4.00. The van der Waals surface area contributed by atoms with Crippen molar-refractivity contribution in [3.8, 4) is 0 Å². The van der Waals surface area contributed by atoms with Gasteiger partial charge in [-0.15, -0.1) is 0 Å². The van der Waals surface area contributed by atoms with Crippen molar-refractivity contribution in [3.05, 3.63) is 33.8 Å². The van der Waals surface area contributed by atoms with E-state index in [4.69, 9.17) is 28.9 Å². The minimum Gasteiger partial charge on any atom is -0.327 e. The van der Waals surface area contributed by atoms with Gasteiger partial charge in [0.05, 0.1) is 0 Å². The van der Waals surface area contributed by atoms with Crippen LogP contribution < -0.4 is 5.73 Å². The first-order valence-corrected chi connectivity index (χ1v) is 6.92. The third kappa shape index (κ3) is 2.42. The van der Waals surface area contributed by atoms with Crippen LogP contribution in [0.4, 0.5) is 0 Å². The first-order valence-electron chi connectivity index (χ1n) is 6.17. The highest BCUT2D eigenvalue weighted by Crippen LogP contribution is 2.39. The Morgan fingerprint density at radius 2 is 2.06 bits per heavy atom. The van der Waals surface area contributed by atoms with Crippen molar-refractivity contribution in [1.29, 1.82) is 0 Å². The van der Waals surface area contributed by atoms with Gasteiger partial charge < -0.3 is 5.73 Å². The summed E-state index contributed by atoms with van der Waals surface area (Å²) in [5, 5.41) is 1.09. The molecule has 0 aromatic heterocycles. The maximum Gasteiger partial charge on any atom is 0.144 e. The molecular formula is C14H17Cl2NO. The SMILES string of the molecule is CC1(C(=O)Cc2c(Cl)cccc2Cl)CCCC1N. The molecule has 0 radical (unpaired) electrons. The van der Waals surface area contributed by atoms with Crippen molar-refractivity contribution in [3.63, 3.8) is 0 Å². The number of ketones is 1. The van der Waals surface area contributed by atoms with Crippen LogP contribution in [0.5, 0.6) is 0 Å². The fourth-order valence-electron chi connectivity index (χ4n) is 2.60. The average molecular weight is 286 g/mol. The molecule has 4 heteroatoms. The molecule has 2 atom stereocenters. The molecular weight excluding hydrogens is 269 g/mol. The second-order valence-electron chi connectivity index (χ2n) is 5.22. The van der Waals surface area contributed by atoms with E-state index in [9.17, 15) is 4.79 Å². The highest BCUT2D eigenvalue weighted by molar-refractivity contribution is 6.36. The molecule has 2 N–H and O–H groups in total. The summed E-state index contributed by atoms with van der Waals surface area (Å²) >= 11 is 12.2. The summed E-state index contributed by atoms with van der Waals surface area (Å²) in [7, 11) is 0. The van der Waals surface area contributed by atoms with Crippen molar-refractivity contribution in [2.24, 2.45) is 11.1 Å². The Balaban J connectivity index is 2.22. The van der Waals surface area contributed by atoms with Crippen LogP contribution in [0, 0.1) is 5.41 Å². The Bertz CT molecular complexity index is 455. The van der Waals surface area contributed by atoms with Crippen LogP contribution >= 0.6 is 23.2 Å². The lowest BCUT2D eigenvalue weighted by atomic mass is 9.78. The summed E-state index contributed by atoms with van der Waals surface area (Å²) in [6.45, 7) is 1.96. The summed E-state index contributed by atoms with van der Waals surface area (Å²) < 4.78 is 0. The van der Waals surface area contributed by atoms with Crippen LogP contribution in [0.1, 0.15) is 31.7 Å². The van der Waals surface area contributed by atoms with E-state index < -0.39 is 5.41 Å². The average Bonchev–Trinajstić information content (AvgIpc) is 2.66. The molecule has 2 rings (SSSR count). The molecule has 0 spiro atoms. The van der Waals surface area contributed by atoms with E-state index in [0.29, 0.717) is 15.6 Å². The summed E-state index contributed by atoms with van der Waals surface area (Å²) in [6, 6.07) is 5.24. The number of hydrogen-bond donors (Lipinski definition) is 1. The van der Waals surface area contributed by atoms with Gasteiger partial charge in [-0.3, -0.25) is 4.79 Å². The summed E-state index contributed by atoms with van der Waals surface area (Å²) in [6.07, 6.45) is 3.05. The number of benzene rings is 1. The molecule has 1 fully saturated rings. The van der Waals surface area contributed by atoms with E-state index in [2.05, 4.69) is 0 Å². The van der Waals surface area contributed by atoms with Gasteiger partial charge in [0.15, 0.2) is 0 Å². The topological polar surface area (TPSA) is 43.1 Å². The van der Waals surface area contributed by atoms with Gasteiger partial charge in [-0.2, -0.15) is 0 Å². The molecule has 2 unspecified atom stereocenters. The molecule has 0 aliphatic heterocycles. The van der Waals surface area contributed by atoms with Crippen molar-refractivity contribution < 1.29 is 4.79 Å². The quantitative estimate of drug-likeness (QED) is 0.922. The molecule has 1 aliphatic carbocycles. The normalized spacial score (nSPS) is 27.4. The lowest BCUT2D eigenvalue weighted by Gasteiger charge is -2.27. The zero-order valence-electron chi connectivity index (χ0n) is 10.4. The van der Waals surface area contributed by atoms with E-state index in [0.717, 1.165) is 19.3 Å². The van der Waals surface area contributed by atoms with E-state index in [-0.39, 0.29) is 18.2 Å². The molecule has 2 nitrogen and oxygen atoms in total. The van der Waals surface area contributed by atoms with Gasteiger partial charge in [0.25, 0.3) is 0 Å². The minimum atomic E-state index is -0.428. The highest BCUT2D eigenvalue weighted by Gasteiger charge is 2.42. The molecule has 1 saturated carbocycles. The first-order chi connectivity index (χ1) is 8.45. The molecule has 98 valence electrons. The first kappa shape index (κ1) is 13.9. The predicted molar refractivity (Wildman–Crippen MR) is 75.1 cm³/mol. The minimum absolute atomic E-state index is 0.0498. The number of carbonyl (C=O) groups excluding carboxylic acids is 1. The standard InChI is InChI=1S/C14H17Cl2NO/c1-14(7-3-6-12(14)17)13(18)8-9-10(15)4-2-5-11(9)16/h2,4-5,12H,3,6-8,17H2,1H3. The number of halogens is 2. The van der Waals surface area contributed by atoms with E-state index in [1.54, 1.807) is 18.2 Å². The van der Waals surface area contributed by atoms with E-state index >= 15 is 0 Å². The number of hydrogen-bond acceptors (Lipinski definition) is 2. The maximum absolute atomic E-state index is 12.5. The summed E-state index contributed by atoms with van der Waals surface area (Å²) in [4.78, 5) is 12.5. The molecule has 18 heavy (non-hydrogen) atoms. The van der Waals surface area contributed by atoms with Crippen LogP contribution in [-0.4, -0.2) is 11.8 Å². The largest absolute Gasteiger partial charge is 0.327 e. The van der Waals surface area contributed by atoms with Gasteiger partial charge in [-0.1, -0.05) is 42.6 Å². The smallest absolute Gasteiger partial charge is 0.144 e. The summed E-state index contributed by atoms with van der Waals surface area (Å²) in [5.74, 6) is 0.141. The molecule has 1 aliphatic rings. The lowest BCUT2D eigenvalue weighted by Crippen LogP contribution is -2.41. The molecule has 1 aromatic carbocycles. The second-order valence-corrected chi connectivity index (χ2v) is 6.03. The monoisotopic (exact) mass is 285 g/mol. The van der Waals surface area contributed by atoms with Crippen LogP contribution in [0.2, 0.25) is 10.0 Å². The maximum atomic E-state index is 12.5. The number of Topliss-reactive ketones (excluding diaryl/α,β-unsaturated/α-hetero) is 1. The fraction of sp³-hybridized carbons (Fsp3) is 0.500. The molecule has 1 aromatic rings. The second kappa shape index (κ2) is 5.20. The number of carbonyl (C=O) groups is 1. The van der Waals surface area contributed by atoms with Gasteiger partial charge in [0, 0.05) is 27.9 Å². The fourth-order valence-corrected chi connectivity index (χ4v) is 3.13. The Hall–Kier alpha value is -0.570. The molecule has 0 bridgehead atoms. The van der Waals surface area contributed by atoms with Crippen LogP contribution in [0.3, 0.4) is 0 Å². The van der Waals surface area contributed by atoms with Crippen molar-refractivity contribution >= 4 is 29.0 Å². The van der Waals surface area contributed by atoms with Crippen LogP contribution in [0.15, 0.2) is 18.2 Å². The molecule has 0 amide bonds. The molecule has 0 saturated heterocycles. The van der Waals surface area contributed by atoms with Gasteiger partial charge in [0.2, 0.25) is 0 Å². The highest BCUT2D eigenvalue weighted by atomic mass is 35.5. The lowest BCUT2D eigenvalue weighted by molar-refractivity contribution is -0.127. The third-order valence-electron chi connectivity index (χ3n) is 4.07. The Morgan fingerprint density at radius 3 is 2.56 bits per heavy atom. The van der Waals surface area contributed by atoms with Gasteiger partial charge >= 0.3 is 0 Å². The number of rotatable bonds is 3. The van der Waals surface area contributed by atoms with E-state index in [1.807, 2.05) is 6.92 Å². The summed E-state index contributed by atoms with van der Waals surface area (Å²) in [5.41, 5.74) is 6.34. The van der Waals surface area contributed by atoms with Gasteiger partial charge in [-0.05, 0) is 30.5 Å². The van der Waals surface area contributed by atoms with Crippen molar-refractivity contribution in [2.75, 3.05) is 0 Å². The Morgan fingerprint density at radius 1 is 1.44 bits per heavy atom. The number of nitrogens with two attached hydrogens (primary N) is 1. The zero-order valence-corrected chi connectivity index (χ0v) is 11.9.